The second-order valence-corrected chi connectivity index (χ2v) is 4.06. The molecular weight excluding hydrogens is 236 g/mol. The molecule has 0 unspecified atom stereocenters. The second kappa shape index (κ2) is 5.21. The number of nitrogens with one attached hydrogen (secondary N) is 1. The molecule has 0 spiro atoms. The Morgan fingerprint density at radius 3 is 2.72 bits per heavy atom. The largest absolute Gasteiger partial charge is 0.495 e. The van der Waals surface area contributed by atoms with Gasteiger partial charge in [-0.3, -0.25) is 0 Å². The van der Waals surface area contributed by atoms with Crippen LogP contribution >= 0.6 is 0 Å². The molecule has 0 bridgehead atoms. The van der Waals surface area contributed by atoms with Crippen LogP contribution in [-0.2, 0) is 6.42 Å². The minimum Gasteiger partial charge on any atom is -0.495 e. The Labute approximate surface area is 105 Å². The van der Waals surface area contributed by atoms with Crippen LogP contribution in [0.3, 0.4) is 0 Å². The quantitative estimate of drug-likeness (QED) is 0.875. The number of benzene rings is 1. The van der Waals surface area contributed by atoms with E-state index in [0.29, 0.717) is 11.4 Å². The summed E-state index contributed by atoms with van der Waals surface area (Å²) in [6, 6.07) is 4.16. The predicted octanol–water partition coefficient (Wildman–Crippen LogP) is 3.92. The molecular formula is C14H15F2NO. The normalized spacial score (nSPS) is 10.7. The molecule has 0 aliphatic carbocycles. The van der Waals surface area contributed by atoms with Crippen molar-refractivity contribution in [1.29, 1.82) is 0 Å². The standard InChI is InChI=1S/C14H15F2NO/c1-3-5-9-12(18-2)8-17-14(9)10-6-4-7-11(15)13(10)16/h4,6-8,17H,3,5H2,1-2H3. The molecule has 0 atom stereocenters. The van der Waals surface area contributed by atoms with Gasteiger partial charge < -0.3 is 9.72 Å². The highest BCUT2D eigenvalue weighted by molar-refractivity contribution is 5.67. The van der Waals surface area contributed by atoms with E-state index >= 15 is 0 Å². The van der Waals surface area contributed by atoms with Crippen LogP contribution in [-0.4, -0.2) is 12.1 Å². The summed E-state index contributed by atoms with van der Waals surface area (Å²) in [6.45, 7) is 2.03. The summed E-state index contributed by atoms with van der Waals surface area (Å²) in [6.07, 6.45) is 3.32. The van der Waals surface area contributed by atoms with Crippen LogP contribution in [0.2, 0.25) is 0 Å². The number of hydrogen-bond donors (Lipinski definition) is 1. The third kappa shape index (κ3) is 2.10. The van der Waals surface area contributed by atoms with Gasteiger partial charge in [-0.05, 0) is 18.6 Å². The van der Waals surface area contributed by atoms with E-state index in [1.807, 2.05) is 6.92 Å². The smallest absolute Gasteiger partial charge is 0.168 e. The van der Waals surface area contributed by atoms with E-state index in [4.69, 9.17) is 4.74 Å². The number of methoxy groups -OCH3 is 1. The number of halogens is 2. The van der Waals surface area contributed by atoms with Crippen molar-refractivity contribution in [3.63, 3.8) is 0 Å². The van der Waals surface area contributed by atoms with Crippen molar-refractivity contribution in [2.75, 3.05) is 7.11 Å². The van der Waals surface area contributed by atoms with Gasteiger partial charge >= 0.3 is 0 Å². The van der Waals surface area contributed by atoms with Gasteiger partial charge in [0.2, 0.25) is 0 Å². The van der Waals surface area contributed by atoms with Crippen LogP contribution in [0.1, 0.15) is 18.9 Å². The molecule has 1 aromatic heterocycles. The number of aromatic nitrogens is 1. The summed E-state index contributed by atoms with van der Waals surface area (Å²) >= 11 is 0. The lowest BCUT2D eigenvalue weighted by Crippen LogP contribution is -1.94. The SMILES string of the molecule is CCCc1c(OC)c[nH]c1-c1cccc(F)c1F. The van der Waals surface area contributed by atoms with Gasteiger partial charge in [0.25, 0.3) is 0 Å². The van der Waals surface area contributed by atoms with Crippen molar-refractivity contribution in [2.24, 2.45) is 0 Å². The number of rotatable bonds is 4. The van der Waals surface area contributed by atoms with Crippen LogP contribution in [0.15, 0.2) is 24.4 Å². The summed E-state index contributed by atoms with van der Waals surface area (Å²) in [5.41, 5.74) is 1.71. The highest BCUT2D eigenvalue weighted by Gasteiger charge is 2.17. The molecule has 4 heteroatoms. The lowest BCUT2D eigenvalue weighted by atomic mass is 10.0. The monoisotopic (exact) mass is 251 g/mol. The van der Waals surface area contributed by atoms with Crippen molar-refractivity contribution in [2.45, 2.75) is 19.8 Å². The molecule has 1 N–H and O–H groups in total. The lowest BCUT2D eigenvalue weighted by molar-refractivity contribution is 0.410. The zero-order chi connectivity index (χ0) is 13.1. The molecule has 96 valence electrons. The van der Waals surface area contributed by atoms with Gasteiger partial charge in [0.05, 0.1) is 12.8 Å². The molecule has 0 radical (unpaired) electrons. The summed E-state index contributed by atoms with van der Waals surface area (Å²) in [4.78, 5) is 2.96. The van der Waals surface area contributed by atoms with Gasteiger partial charge in [-0.2, -0.15) is 0 Å². The van der Waals surface area contributed by atoms with Crippen LogP contribution < -0.4 is 4.74 Å². The van der Waals surface area contributed by atoms with E-state index in [2.05, 4.69) is 4.98 Å². The third-order valence-corrected chi connectivity index (χ3v) is 2.89. The van der Waals surface area contributed by atoms with Crippen LogP contribution in [0, 0.1) is 11.6 Å². The maximum atomic E-state index is 13.8. The topological polar surface area (TPSA) is 25.0 Å². The lowest BCUT2D eigenvalue weighted by Gasteiger charge is -2.07. The highest BCUT2D eigenvalue weighted by atomic mass is 19.2. The maximum absolute atomic E-state index is 13.8. The Bertz CT molecular complexity index is 549. The average Bonchev–Trinajstić information content (AvgIpc) is 2.76. The first-order valence-corrected chi connectivity index (χ1v) is 5.87. The van der Waals surface area contributed by atoms with Gasteiger partial charge in [-0.1, -0.05) is 19.4 Å². The van der Waals surface area contributed by atoms with Crippen molar-refractivity contribution in [3.05, 3.63) is 41.6 Å². The van der Waals surface area contributed by atoms with E-state index in [9.17, 15) is 8.78 Å². The molecule has 1 aromatic carbocycles. The van der Waals surface area contributed by atoms with E-state index in [1.165, 1.54) is 6.07 Å². The van der Waals surface area contributed by atoms with Gasteiger partial charge in [-0.25, -0.2) is 8.78 Å². The molecule has 18 heavy (non-hydrogen) atoms. The summed E-state index contributed by atoms with van der Waals surface area (Å²) < 4.78 is 32.3. The zero-order valence-corrected chi connectivity index (χ0v) is 10.4. The fourth-order valence-corrected chi connectivity index (χ4v) is 2.05. The number of aromatic amines is 1. The first kappa shape index (κ1) is 12.6. The first-order chi connectivity index (χ1) is 8.69. The minimum absolute atomic E-state index is 0.238. The molecule has 0 aliphatic heterocycles. The van der Waals surface area contributed by atoms with E-state index in [-0.39, 0.29) is 5.56 Å². The number of ether oxygens (including phenoxy) is 1. The Morgan fingerprint density at radius 1 is 1.28 bits per heavy atom. The molecule has 0 fully saturated rings. The van der Waals surface area contributed by atoms with E-state index < -0.39 is 11.6 Å². The third-order valence-electron chi connectivity index (χ3n) is 2.89. The second-order valence-electron chi connectivity index (χ2n) is 4.06. The number of H-pyrrole nitrogens is 1. The molecule has 2 aromatic rings. The summed E-state index contributed by atoms with van der Waals surface area (Å²) in [5.74, 6) is -1.00. The fraction of sp³-hybridized carbons (Fsp3) is 0.286. The minimum atomic E-state index is -0.844. The summed E-state index contributed by atoms with van der Waals surface area (Å²) in [5, 5.41) is 0. The molecule has 0 aliphatic rings. The molecule has 0 saturated carbocycles. The van der Waals surface area contributed by atoms with Gasteiger partial charge in [0.15, 0.2) is 11.6 Å². The van der Waals surface area contributed by atoms with Gasteiger partial charge in [0.1, 0.15) is 5.75 Å². The fourth-order valence-electron chi connectivity index (χ4n) is 2.05. The van der Waals surface area contributed by atoms with Crippen molar-refractivity contribution < 1.29 is 13.5 Å². The molecule has 1 heterocycles. The Balaban J connectivity index is 2.56. The van der Waals surface area contributed by atoms with E-state index in [1.54, 1.807) is 19.4 Å². The van der Waals surface area contributed by atoms with Crippen molar-refractivity contribution >= 4 is 0 Å². The first-order valence-electron chi connectivity index (χ1n) is 5.87. The zero-order valence-electron chi connectivity index (χ0n) is 10.4. The van der Waals surface area contributed by atoms with Crippen molar-refractivity contribution in [3.8, 4) is 17.0 Å². The Hall–Kier alpha value is -1.84. The molecule has 0 saturated heterocycles. The van der Waals surface area contributed by atoms with Crippen LogP contribution in [0.25, 0.3) is 11.3 Å². The average molecular weight is 251 g/mol. The molecule has 2 nitrogen and oxygen atoms in total. The molecule has 0 amide bonds. The Morgan fingerprint density at radius 2 is 2.06 bits per heavy atom. The van der Waals surface area contributed by atoms with Gasteiger partial charge in [0, 0.05) is 17.3 Å². The van der Waals surface area contributed by atoms with Crippen LogP contribution in [0.4, 0.5) is 8.78 Å². The molecule has 2 rings (SSSR count). The van der Waals surface area contributed by atoms with Crippen molar-refractivity contribution in [1.82, 2.24) is 4.98 Å². The highest BCUT2D eigenvalue weighted by Crippen LogP contribution is 2.33. The van der Waals surface area contributed by atoms with Gasteiger partial charge in [-0.15, -0.1) is 0 Å². The maximum Gasteiger partial charge on any atom is 0.168 e. The summed E-state index contributed by atoms with van der Waals surface area (Å²) in [7, 11) is 1.56. The Kier molecular flexibility index (Phi) is 3.65. The predicted molar refractivity (Wildman–Crippen MR) is 66.7 cm³/mol. The van der Waals surface area contributed by atoms with Crippen LogP contribution in [0.5, 0.6) is 5.75 Å². The number of hydrogen-bond acceptors (Lipinski definition) is 1. The van der Waals surface area contributed by atoms with E-state index in [0.717, 1.165) is 24.5 Å².